The number of hydrogen-bond donors (Lipinski definition) is 2. The molecule has 0 radical (unpaired) electrons. The Morgan fingerprint density at radius 1 is 1.43 bits per heavy atom. The van der Waals surface area contributed by atoms with Gasteiger partial charge in [0.1, 0.15) is 5.60 Å². The number of ether oxygens (including phenoxy) is 1. The molecule has 0 bridgehead atoms. The summed E-state index contributed by atoms with van der Waals surface area (Å²) in [4.78, 5) is 26.5. The second kappa shape index (κ2) is 5.23. The van der Waals surface area contributed by atoms with E-state index in [0.29, 0.717) is 6.42 Å². The van der Waals surface area contributed by atoms with E-state index in [4.69, 9.17) is 4.74 Å². The third-order valence-electron chi connectivity index (χ3n) is 4.43. The van der Waals surface area contributed by atoms with Crippen LogP contribution in [0.5, 0.6) is 0 Å². The Morgan fingerprint density at radius 3 is 2.78 bits per heavy atom. The number of rotatable bonds is 1. The van der Waals surface area contributed by atoms with Crippen molar-refractivity contribution in [3.63, 3.8) is 0 Å². The maximum Gasteiger partial charge on any atom is 0.410 e. The Labute approximate surface area is 135 Å². The zero-order valence-corrected chi connectivity index (χ0v) is 13.6. The minimum absolute atomic E-state index is 0.122. The second-order valence-electron chi connectivity index (χ2n) is 7.23. The summed E-state index contributed by atoms with van der Waals surface area (Å²) in [5.74, 6) is -0.122. The third-order valence-corrected chi connectivity index (χ3v) is 4.43. The molecule has 1 fully saturated rings. The predicted molar refractivity (Wildman–Crippen MR) is 85.2 cm³/mol. The summed E-state index contributed by atoms with van der Waals surface area (Å²) < 4.78 is 5.42. The topological polar surface area (TPSA) is 78.9 Å². The molecule has 1 spiro atoms. The van der Waals surface area contributed by atoms with Gasteiger partial charge >= 0.3 is 6.09 Å². The monoisotopic (exact) mass is 318 g/mol. The third kappa shape index (κ3) is 2.57. The first-order valence-corrected chi connectivity index (χ1v) is 7.78. The minimum atomic E-state index is -0.805. The number of anilines is 1. The molecule has 6 nitrogen and oxygen atoms in total. The van der Waals surface area contributed by atoms with Crippen LogP contribution in [-0.4, -0.2) is 46.8 Å². The SMILES string of the molecule is CC(C)(C)OC(=O)N1C[C@@]2(C[C@H]1CO)C(=O)Nc1ccccc12. The van der Waals surface area contributed by atoms with E-state index >= 15 is 0 Å². The lowest BCUT2D eigenvalue weighted by molar-refractivity contribution is -0.120. The first kappa shape index (κ1) is 15.8. The van der Waals surface area contributed by atoms with Crippen molar-refractivity contribution in [2.75, 3.05) is 18.5 Å². The van der Waals surface area contributed by atoms with Gasteiger partial charge in [0.25, 0.3) is 0 Å². The average Bonchev–Trinajstić information content (AvgIpc) is 2.98. The van der Waals surface area contributed by atoms with E-state index in [-0.39, 0.29) is 19.1 Å². The highest BCUT2D eigenvalue weighted by Crippen LogP contribution is 2.46. The lowest BCUT2D eigenvalue weighted by atomic mass is 9.79. The van der Waals surface area contributed by atoms with Crippen LogP contribution >= 0.6 is 0 Å². The van der Waals surface area contributed by atoms with Crippen LogP contribution in [0.1, 0.15) is 32.8 Å². The zero-order chi connectivity index (χ0) is 16.8. The number of nitrogens with one attached hydrogen (secondary N) is 1. The molecular weight excluding hydrogens is 296 g/mol. The molecular formula is C17H22N2O4. The van der Waals surface area contributed by atoms with Crippen LogP contribution in [0.3, 0.4) is 0 Å². The maximum atomic E-state index is 12.6. The van der Waals surface area contributed by atoms with Gasteiger partial charge in [-0.05, 0) is 38.8 Å². The Hall–Kier alpha value is -2.08. The second-order valence-corrected chi connectivity index (χ2v) is 7.23. The number of para-hydroxylation sites is 1. The number of benzene rings is 1. The van der Waals surface area contributed by atoms with Crippen molar-refractivity contribution >= 4 is 17.7 Å². The van der Waals surface area contributed by atoms with Crippen LogP contribution in [-0.2, 0) is 14.9 Å². The van der Waals surface area contributed by atoms with E-state index in [9.17, 15) is 14.7 Å². The summed E-state index contributed by atoms with van der Waals surface area (Å²) in [6.45, 7) is 5.40. The summed E-state index contributed by atoms with van der Waals surface area (Å²) >= 11 is 0. The van der Waals surface area contributed by atoms with Crippen LogP contribution in [0.2, 0.25) is 0 Å². The van der Waals surface area contributed by atoms with E-state index in [1.54, 1.807) is 20.8 Å². The van der Waals surface area contributed by atoms with E-state index in [0.717, 1.165) is 11.3 Å². The summed E-state index contributed by atoms with van der Waals surface area (Å²) in [6, 6.07) is 7.07. The van der Waals surface area contributed by atoms with Gasteiger partial charge in [0.05, 0.1) is 18.1 Å². The quantitative estimate of drug-likeness (QED) is 0.828. The number of likely N-dealkylation sites (tertiary alicyclic amines) is 1. The van der Waals surface area contributed by atoms with Crippen LogP contribution in [0.4, 0.5) is 10.5 Å². The summed E-state index contributed by atoms with van der Waals surface area (Å²) in [5, 5.41) is 12.6. The Kier molecular flexibility index (Phi) is 3.59. The zero-order valence-electron chi connectivity index (χ0n) is 13.6. The largest absolute Gasteiger partial charge is 0.444 e. The van der Waals surface area contributed by atoms with Gasteiger partial charge in [-0.25, -0.2) is 4.79 Å². The number of amides is 2. The molecule has 6 heteroatoms. The van der Waals surface area contributed by atoms with E-state index in [1.807, 2.05) is 24.3 Å². The number of hydrogen-bond acceptors (Lipinski definition) is 4. The van der Waals surface area contributed by atoms with Gasteiger partial charge < -0.3 is 20.1 Å². The highest BCUT2D eigenvalue weighted by Gasteiger charge is 2.56. The normalized spacial score (nSPS) is 26.3. The molecule has 3 rings (SSSR count). The van der Waals surface area contributed by atoms with Gasteiger partial charge in [-0.15, -0.1) is 0 Å². The number of carbonyl (C=O) groups excluding carboxylic acids is 2. The van der Waals surface area contributed by atoms with Gasteiger partial charge in [0, 0.05) is 12.2 Å². The van der Waals surface area contributed by atoms with Crippen molar-refractivity contribution in [2.45, 2.75) is 44.2 Å². The van der Waals surface area contributed by atoms with Gasteiger partial charge in [-0.3, -0.25) is 4.79 Å². The summed E-state index contributed by atoms with van der Waals surface area (Å²) in [5.41, 5.74) is 0.235. The Morgan fingerprint density at radius 2 is 2.13 bits per heavy atom. The Bertz CT molecular complexity index is 652. The molecule has 0 saturated carbocycles. The van der Waals surface area contributed by atoms with Crippen molar-refractivity contribution in [2.24, 2.45) is 0 Å². The van der Waals surface area contributed by atoms with Gasteiger partial charge in [0.2, 0.25) is 5.91 Å². The van der Waals surface area contributed by atoms with Crippen molar-refractivity contribution in [3.05, 3.63) is 29.8 Å². The van der Waals surface area contributed by atoms with E-state index < -0.39 is 23.2 Å². The van der Waals surface area contributed by atoms with E-state index in [1.165, 1.54) is 4.90 Å². The number of fused-ring (bicyclic) bond motifs is 2. The minimum Gasteiger partial charge on any atom is -0.444 e. The summed E-state index contributed by atoms with van der Waals surface area (Å²) in [6.07, 6.45) is -0.100. The first-order valence-electron chi connectivity index (χ1n) is 7.78. The van der Waals surface area contributed by atoms with Gasteiger partial charge in [0.15, 0.2) is 0 Å². The number of carbonyl (C=O) groups is 2. The molecule has 2 aliphatic rings. The van der Waals surface area contributed by atoms with Crippen LogP contribution < -0.4 is 5.32 Å². The molecule has 0 aromatic heterocycles. The molecule has 1 saturated heterocycles. The molecule has 124 valence electrons. The highest BCUT2D eigenvalue weighted by atomic mass is 16.6. The van der Waals surface area contributed by atoms with Crippen LogP contribution in [0, 0.1) is 0 Å². The van der Waals surface area contributed by atoms with E-state index in [2.05, 4.69) is 5.32 Å². The fourth-order valence-corrected chi connectivity index (χ4v) is 3.43. The summed E-state index contributed by atoms with van der Waals surface area (Å²) in [7, 11) is 0. The molecule has 1 aromatic carbocycles. The average molecular weight is 318 g/mol. The molecule has 2 aliphatic heterocycles. The fraction of sp³-hybridized carbons (Fsp3) is 0.529. The first-order chi connectivity index (χ1) is 10.8. The van der Waals surface area contributed by atoms with Crippen molar-refractivity contribution in [1.29, 1.82) is 0 Å². The molecule has 2 heterocycles. The Balaban J connectivity index is 1.93. The smallest absolute Gasteiger partial charge is 0.410 e. The van der Waals surface area contributed by atoms with Gasteiger partial charge in [-0.2, -0.15) is 0 Å². The van der Waals surface area contributed by atoms with Crippen LogP contribution in [0.25, 0.3) is 0 Å². The molecule has 2 N–H and O–H groups in total. The molecule has 1 aromatic rings. The van der Waals surface area contributed by atoms with Gasteiger partial charge in [-0.1, -0.05) is 18.2 Å². The number of nitrogens with zero attached hydrogens (tertiary/aromatic N) is 1. The highest BCUT2D eigenvalue weighted by molar-refractivity contribution is 6.07. The molecule has 23 heavy (non-hydrogen) atoms. The molecule has 2 atom stereocenters. The lowest BCUT2D eigenvalue weighted by Crippen LogP contribution is -2.43. The molecule has 0 unspecified atom stereocenters. The molecule has 2 amide bonds. The predicted octanol–water partition coefficient (Wildman–Crippen LogP) is 1.88. The van der Waals surface area contributed by atoms with Crippen molar-refractivity contribution in [1.82, 2.24) is 4.90 Å². The van der Waals surface area contributed by atoms with Crippen molar-refractivity contribution < 1.29 is 19.4 Å². The van der Waals surface area contributed by atoms with Crippen LogP contribution in [0.15, 0.2) is 24.3 Å². The maximum absolute atomic E-state index is 12.6. The standard InChI is InChI=1S/C17H22N2O4/c1-16(2,3)23-15(22)19-10-17(8-11(19)9-20)12-6-4-5-7-13(12)18-14(17)21/h4-7,11,20H,8-10H2,1-3H3,(H,18,21)/t11-,17+/m0/s1. The van der Waals surface area contributed by atoms with Crippen molar-refractivity contribution in [3.8, 4) is 0 Å². The number of aliphatic hydroxyl groups excluding tert-OH is 1. The number of aliphatic hydroxyl groups is 1. The lowest BCUT2D eigenvalue weighted by Gasteiger charge is -2.28. The molecule has 0 aliphatic carbocycles. The fourth-order valence-electron chi connectivity index (χ4n) is 3.43.